The quantitative estimate of drug-likeness (QED) is 0.504. The highest BCUT2D eigenvalue weighted by Crippen LogP contribution is 2.51. The van der Waals surface area contributed by atoms with Crippen LogP contribution in [0.4, 0.5) is 0 Å². The maximum Gasteiger partial charge on any atom is 0.248 e. The molecular weight excluding hydrogens is 368 g/mol. The number of aliphatic imine (C=N–C) groups is 1. The number of aromatic amines is 1. The Labute approximate surface area is 179 Å². The van der Waals surface area contributed by atoms with Gasteiger partial charge < -0.3 is 4.98 Å². The molecule has 2 aromatic rings. The Morgan fingerprint density at radius 1 is 1.23 bits per heavy atom. The summed E-state index contributed by atoms with van der Waals surface area (Å²) in [5.74, 6) is 0.292. The van der Waals surface area contributed by atoms with Gasteiger partial charge in [-0.05, 0) is 55.5 Å². The van der Waals surface area contributed by atoms with Crippen LogP contribution in [0.1, 0.15) is 56.0 Å². The smallest absolute Gasteiger partial charge is 0.248 e. The van der Waals surface area contributed by atoms with Gasteiger partial charge in [0.1, 0.15) is 5.54 Å². The first-order chi connectivity index (χ1) is 14.6. The summed E-state index contributed by atoms with van der Waals surface area (Å²) in [6.45, 7) is 6.51. The Bertz CT molecular complexity index is 1120. The van der Waals surface area contributed by atoms with Crippen LogP contribution in [-0.2, 0) is 18.4 Å². The van der Waals surface area contributed by atoms with E-state index >= 15 is 0 Å². The number of rotatable bonds is 5. The molecule has 2 aliphatic carbocycles. The number of fused-ring (bicyclic) bond motifs is 4. The summed E-state index contributed by atoms with van der Waals surface area (Å²) in [5, 5.41) is 0. The molecule has 0 amide bonds. The lowest BCUT2D eigenvalue weighted by molar-refractivity contribution is 0.413. The molecule has 4 rings (SSSR count). The maximum atomic E-state index is 11.9. The molecule has 154 valence electrons. The maximum absolute atomic E-state index is 11.9. The van der Waals surface area contributed by atoms with Gasteiger partial charge in [-0.25, -0.2) is 0 Å². The number of hydrogen-bond donors (Lipinski definition) is 1. The summed E-state index contributed by atoms with van der Waals surface area (Å²) in [4.78, 5) is 20.2. The van der Waals surface area contributed by atoms with Crippen LogP contribution < -0.4 is 5.56 Å². The third-order valence-electron chi connectivity index (χ3n) is 6.31. The average Bonchev–Trinajstić information content (AvgIpc) is 2.72. The van der Waals surface area contributed by atoms with Gasteiger partial charge in [0, 0.05) is 35.9 Å². The topological polar surface area (TPSA) is 45.2 Å². The van der Waals surface area contributed by atoms with Crippen molar-refractivity contribution in [2.75, 3.05) is 0 Å². The van der Waals surface area contributed by atoms with E-state index in [1.165, 1.54) is 22.3 Å². The lowest BCUT2D eigenvalue weighted by Gasteiger charge is -2.45. The second kappa shape index (κ2) is 8.43. The van der Waals surface area contributed by atoms with E-state index < -0.39 is 5.54 Å². The molecule has 1 aromatic heterocycles. The van der Waals surface area contributed by atoms with E-state index in [9.17, 15) is 4.79 Å². The first-order valence-electron chi connectivity index (χ1n) is 10.9. The van der Waals surface area contributed by atoms with Gasteiger partial charge in [0.25, 0.3) is 0 Å². The van der Waals surface area contributed by atoms with Gasteiger partial charge in [-0.3, -0.25) is 9.79 Å². The lowest BCUT2D eigenvalue weighted by atomic mass is 9.63. The molecule has 1 N–H and O–H groups in total. The number of hydrogen-bond acceptors (Lipinski definition) is 2. The van der Waals surface area contributed by atoms with E-state index in [2.05, 4.69) is 74.3 Å². The van der Waals surface area contributed by atoms with Crippen molar-refractivity contribution in [1.82, 2.24) is 4.98 Å². The molecule has 3 nitrogen and oxygen atoms in total. The molecule has 2 atom stereocenters. The van der Waals surface area contributed by atoms with Crippen LogP contribution in [0.15, 0.2) is 75.6 Å². The SMILES string of the molecule is C/C=C1\[C@H]2C=C(C)C[C@]1(/N=C/C=C/c1ccccc1CCC)c1ccc(=O)[nH]c1C2. The van der Waals surface area contributed by atoms with E-state index in [1.54, 1.807) is 6.07 Å². The molecule has 1 aromatic carbocycles. The standard InChI is InChI=1S/C27H30N2O/c1-4-9-20-10-6-7-11-21(20)12-8-15-28-27-18-19(3)16-22(23(27)5-2)17-25-24(27)13-14-26(30)29-25/h5-8,10-16,22H,4,9,17-18H2,1-3H3,(H,29,30)/b12-8+,23-5+,28-15+/t22-,27+/m0/s1. The molecule has 0 aliphatic heterocycles. The van der Waals surface area contributed by atoms with Crippen molar-refractivity contribution in [2.24, 2.45) is 10.9 Å². The van der Waals surface area contributed by atoms with Crippen molar-refractivity contribution in [1.29, 1.82) is 0 Å². The predicted octanol–water partition coefficient (Wildman–Crippen LogP) is 5.78. The first kappa shape index (κ1) is 20.3. The van der Waals surface area contributed by atoms with Crippen molar-refractivity contribution < 1.29 is 0 Å². The van der Waals surface area contributed by atoms with E-state index in [1.807, 2.05) is 12.3 Å². The fourth-order valence-electron chi connectivity index (χ4n) is 5.16. The third kappa shape index (κ3) is 3.65. The number of aromatic nitrogens is 1. The third-order valence-corrected chi connectivity index (χ3v) is 6.31. The molecule has 0 unspecified atom stereocenters. The summed E-state index contributed by atoms with van der Waals surface area (Å²) >= 11 is 0. The average molecular weight is 399 g/mol. The molecule has 0 saturated carbocycles. The number of allylic oxidation sites excluding steroid dienone is 3. The van der Waals surface area contributed by atoms with Crippen LogP contribution in [-0.4, -0.2) is 11.2 Å². The van der Waals surface area contributed by atoms with Crippen molar-refractivity contribution >= 4 is 12.3 Å². The summed E-state index contributed by atoms with van der Waals surface area (Å²) in [5.41, 5.74) is 7.01. The summed E-state index contributed by atoms with van der Waals surface area (Å²) < 4.78 is 0. The fraction of sp³-hybridized carbons (Fsp3) is 0.333. The second-order valence-corrected chi connectivity index (χ2v) is 8.41. The molecule has 2 bridgehead atoms. The number of benzene rings is 1. The van der Waals surface area contributed by atoms with Crippen molar-refractivity contribution in [3.8, 4) is 0 Å². The molecule has 3 heteroatoms. The molecule has 0 fully saturated rings. The Balaban J connectivity index is 1.74. The molecular formula is C27H30N2O. The van der Waals surface area contributed by atoms with E-state index in [-0.39, 0.29) is 5.56 Å². The molecule has 0 spiro atoms. The number of nitrogens with zero attached hydrogens (tertiary/aromatic N) is 1. The van der Waals surface area contributed by atoms with Crippen LogP contribution in [0, 0.1) is 5.92 Å². The largest absolute Gasteiger partial charge is 0.326 e. The van der Waals surface area contributed by atoms with Gasteiger partial charge in [0.05, 0.1) is 0 Å². The zero-order chi connectivity index (χ0) is 21.1. The Kier molecular flexibility index (Phi) is 5.72. The van der Waals surface area contributed by atoms with Crippen LogP contribution in [0.25, 0.3) is 6.08 Å². The van der Waals surface area contributed by atoms with Crippen molar-refractivity contribution in [2.45, 2.75) is 52.0 Å². The minimum atomic E-state index is -0.427. The second-order valence-electron chi connectivity index (χ2n) is 8.41. The van der Waals surface area contributed by atoms with Crippen LogP contribution in [0.2, 0.25) is 0 Å². The Morgan fingerprint density at radius 2 is 2.07 bits per heavy atom. The van der Waals surface area contributed by atoms with Crippen LogP contribution >= 0.6 is 0 Å². The molecule has 30 heavy (non-hydrogen) atoms. The van der Waals surface area contributed by atoms with Crippen molar-refractivity contribution in [3.05, 3.63) is 98.5 Å². The minimum Gasteiger partial charge on any atom is -0.326 e. The Morgan fingerprint density at radius 3 is 2.87 bits per heavy atom. The predicted molar refractivity (Wildman–Crippen MR) is 126 cm³/mol. The number of H-pyrrole nitrogens is 1. The van der Waals surface area contributed by atoms with Gasteiger partial charge in [-0.15, -0.1) is 0 Å². The Hall–Kier alpha value is -2.94. The molecule has 0 saturated heterocycles. The zero-order valence-electron chi connectivity index (χ0n) is 18.1. The summed E-state index contributed by atoms with van der Waals surface area (Å²) in [7, 11) is 0. The van der Waals surface area contributed by atoms with Gasteiger partial charge in [-0.2, -0.15) is 0 Å². The normalized spacial score (nSPS) is 24.4. The fourth-order valence-corrected chi connectivity index (χ4v) is 5.16. The highest BCUT2D eigenvalue weighted by Gasteiger charge is 2.46. The van der Waals surface area contributed by atoms with Gasteiger partial charge in [0.2, 0.25) is 5.56 Å². The highest BCUT2D eigenvalue weighted by molar-refractivity contribution is 5.80. The van der Waals surface area contributed by atoms with Gasteiger partial charge in [0.15, 0.2) is 0 Å². The van der Waals surface area contributed by atoms with Crippen LogP contribution in [0.3, 0.4) is 0 Å². The van der Waals surface area contributed by atoms with Crippen molar-refractivity contribution in [3.63, 3.8) is 0 Å². The first-order valence-corrected chi connectivity index (χ1v) is 10.9. The van der Waals surface area contributed by atoms with Crippen LogP contribution in [0.5, 0.6) is 0 Å². The lowest BCUT2D eigenvalue weighted by Crippen LogP contribution is -2.40. The monoisotopic (exact) mass is 398 g/mol. The number of nitrogens with one attached hydrogen (secondary N) is 1. The minimum absolute atomic E-state index is 0.0389. The van der Waals surface area contributed by atoms with Gasteiger partial charge >= 0.3 is 0 Å². The van der Waals surface area contributed by atoms with E-state index in [4.69, 9.17) is 4.99 Å². The molecule has 2 aliphatic rings. The number of aryl methyl sites for hydroxylation is 1. The zero-order valence-corrected chi connectivity index (χ0v) is 18.1. The summed E-state index contributed by atoms with van der Waals surface area (Å²) in [6.07, 6.45) is 14.6. The van der Waals surface area contributed by atoms with E-state index in [0.717, 1.165) is 36.9 Å². The molecule has 0 radical (unpaired) electrons. The van der Waals surface area contributed by atoms with E-state index in [0.29, 0.717) is 5.92 Å². The molecule has 1 heterocycles. The number of pyridine rings is 1. The van der Waals surface area contributed by atoms with Gasteiger partial charge in [-0.1, -0.05) is 61.4 Å². The summed E-state index contributed by atoms with van der Waals surface area (Å²) in [6, 6.07) is 12.2. The highest BCUT2D eigenvalue weighted by atomic mass is 16.1.